The molecule has 2 aromatic rings. The fourth-order valence-electron chi connectivity index (χ4n) is 1.47. The minimum absolute atomic E-state index is 0.316. The molecule has 0 N–H and O–H groups in total. The smallest absolute Gasteiger partial charge is 0.302 e. The van der Waals surface area contributed by atoms with Crippen LogP contribution in [0.3, 0.4) is 0 Å². The van der Waals surface area contributed by atoms with Gasteiger partial charge in [0.15, 0.2) is 0 Å². The first kappa shape index (κ1) is 10.7. The van der Waals surface area contributed by atoms with Gasteiger partial charge in [0.2, 0.25) is 0 Å². The molecule has 1 heterocycles. The molecule has 0 aliphatic carbocycles. The van der Waals surface area contributed by atoms with Crippen LogP contribution in [0.15, 0.2) is 30.5 Å². The summed E-state index contributed by atoms with van der Waals surface area (Å²) in [4.78, 5) is 4.22. The normalized spacial score (nSPS) is 10.4. The van der Waals surface area contributed by atoms with Gasteiger partial charge in [0.1, 0.15) is 11.6 Å². The van der Waals surface area contributed by atoms with Gasteiger partial charge in [-0.2, -0.15) is 0 Å². The van der Waals surface area contributed by atoms with Crippen LogP contribution in [0.5, 0.6) is 11.8 Å². The average molecular weight is 220 g/mol. The Bertz CT molecular complexity index is 494. The number of aromatic nitrogens is 2. The highest BCUT2D eigenvalue weighted by atomic mass is 19.1. The van der Waals surface area contributed by atoms with Crippen LogP contribution in [-0.4, -0.2) is 9.55 Å². The lowest BCUT2D eigenvalue weighted by molar-refractivity contribution is 0.412. The molecule has 0 bridgehead atoms. The molecule has 2 rings (SSSR count). The summed E-state index contributed by atoms with van der Waals surface area (Å²) in [6, 6.07) is 6.52. The van der Waals surface area contributed by atoms with Gasteiger partial charge in [0.05, 0.1) is 5.69 Å². The second-order valence-corrected chi connectivity index (χ2v) is 3.51. The summed E-state index contributed by atoms with van der Waals surface area (Å²) < 4.78 is 20.3. The lowest BCUT2D eigenvalue weighted by Gasteiger charge is -2.06. The van der Waals surface area contributed by atoms with Gasteiger partial charge in [-0.3, -0.25) is 0 Å². The fraction of sp³-hybridized carbons (Fsp3) is 0.250. The summed E-state index contributed by atoms with van der Waals surface area (Å²) in [6.07, 6.45) is 1.90. The van der Waals surface area contributed by atoms with E-state index in [0.29, 0.717) is 11.8 Å². The van der Waals surface area contributed by atoms with Gasteiger partial charge >= 0.3 is 6.01 Å². The molecule has 0 radical (unpaired) electrons. The minimum Gasteiger partial charge on any atom is -0.425 e. The average Bonchev–Trinajstić information content (AvgIpc) is 2.59. The number of benzene rings is 1. The maximum Gasteiger partial charge on any atom is 0.302 e. The van der Waals surface area contributed by atoms with E-state index in [0.717, 1.165) is 12.2 Å². The number of halogens is 1. The van der Waals surface area contributed by atoms with Crippen LogP contribution in [0.2, 0.25) is 0 Å². The van der Waals surface area contributed by atoms with Crippen molar-refractivity contribution in [3.63, 3.8) is 0 Å². The maximum atomic E-state index is 13.0. The quantitative estimate of drug-likeness (QED) is 0.794. The molecule has 0 aliphatic rings. The van der Waals surface area contributed by atoms with Gasteiger partial charge in [0.25, 0.3) is 0 Å². The first-order chi connectivity index (χ1) is 7.69. The number of rotatable bonds is 3. The predicted molar refractivity (Wildman–Crippen MR) is 59.1 cm³/mol. The van der Waals surface area contributed by atoms with Crippen molar-refractivity contribution in [2.75, 3.05) is 0 Å². The van der Waals surface area contributed by atoms with Gasteiger partial charge < -0.3 is 9.30 Å². The second kappa shape index (κ2) is 4.35. The first-order valence-corrected chi connectivity index (χ1v) is 5.16. The Morgan fingerprint density at radius 3 is 2.94 bits per heavy atom. The minimum atomic E-state index is -0.316. The van der Waals surface area contributed by atoms with E-state index < -0.39 is 0 Å². The lowest BCUT2D eigenvalue weighted by Crippen LogP contribution is -1.97. The number of imidazole rings is 1. The lowest BCUT2D eigenvalue weighted by atomic mass is 10.3. The van der Waals surface area contributed by atoms with Crippen molar-refractivity contribution >= 4 is 0 Å². The summed E-state index contributed by atoms with van der Waals surface area (Å²) in [5.41, 5.74) is 0.883. The van der Waals surface area contributed by atoms with E-state index in [1.807, 2.05) is 24.6 Å². The first-order valence-electron chi connectivity index (χ1n) is 5.16. The van der Waals surface area contributed by atoms with Crippen molar-refractivity contribution in [2.45, 2.75) is 20.4 Å². The molecule has 0 fully saturated rings. The van der Waals surface area contributed by atoms with Crippen molar-refractivity contribution in [1.82, 2.24) is 9.55 Å². The molecule has 1 aromatic carbocycles. The van der Waals surface area contributed by atoms with Gasteiger partial charge in [0, 0.05) is 18.8 Å². The Balaban J connectivity index is 2.26. The number of ether oxygens (including phenoxy) is 1. The topological polar surface area (TPSA) is 27.1 Å². The van der Waals surface area contributed by atoms with Crippen molar-refractivity contribution < 1.29 is 9.13 Å². The molecule has 0 unspecified atom stereocenters. The van der Waals surface area contributed by atoms with Crippen molar-refractivity contribution in [3.05, 3.63) is 42.0 Å². The molecule has 1 aromatic heterocycles. The molecule has 0 amide bonds. The highest BCUT2D eigenvalue weighted by Gasteiger charge is 2.06. The third-order valence-electron chi connectivity index (χ3n) is 2.21. The molecule has 0 saturated carbocycles. The molecular formula is C12H13FN2O. The Labute approximate surface area is 93.5 Å². The third-order valence-corrected chi connectivity index (χ3v) is 2.21. The Hall–Kier alpha value is -1.84. The van der Waals surface area contributed by atoms with E-state index in [2.05, 4.69) is 4.98 Å². The zero-order valence-corrected chi connectivity index (χ0v) is 9.27. The van der Waals surface area contributed by atoms with Crippen LogP contribution in [0.4, 0.5) is 4.39 Å². The Kier molecular flexibility index (Phi) is 2.90. The summed E-state index contributed by atoms with van der Waals surface area (Å²) in [5.74, 6) is 0.143. The highest BCUT2D eigenvalue weighted by Crippen LogP contribution is 2.21. The van der Waals surface area contributed by atoms with E-state index in [4.69, 9.17) is 4.74 Å². The van der Waals surface area contributed by atoms with Crippen LogP contribution in [0.1, 0.15) is 12.6 Å². The van der Waals surface area contributed by atoms with Crippen LogP contribution >= 0.6 is 0 Å². The third kappa shape index (κ3) is 2.21. The molecule has 0 spiro atoms. The molecule has 84 valence electrons. The zero-order valence-electron chi connectivity index (χ0n) is 9.27. The van der Waals surface area contributed by atoms with E-state index in [1.54, 1.807) is 12.1 Å². The van der Waals surface area contributed by atoms with E-state index in [-0.39, 0.29) is 5.82 Å². The second-order valence-electron chi connectivity index (χ2n) is 3.51. The number of hydrogen-bond acceptors (Lipinski definition) is 2. The van der Waals surface area contributed by atoms with Crippen molar-refractivity contribution in [1.29, 1.82) is 0 Å². The monoisotopic (exact) mass is 220 g/mol. The van der Waals surface area contributed by atoms with Gasteiger partial charge in [-0.15, -0.1) is 0 Å². The Morgan fingerprint density at radius 1 is 1.44 bits per heavy atom. The number of aryl methyl sites for hydroxylation is 2. The number of hydrogen-bond donors (Lipinski definition) is 0. The summed E-state index contributed by atoms with van der Waals surface area (Å²) >= 11 is 0. The predicted octanol–water partition coefficient (Wildman–Crippen LogP) is 3.14. The maximum absolute atomic E-state index is 13.0. The molecule has 4 heteroatoms. The van der Waals surface area contributed by atoms with Crippen LogP contribution in [0.25, 0.3) is 0 Å². The van der Waals surface area contributed by atoms with Crippen LogP contribution < -0.4 is 4.74 Å². The Morgan fingerprint density at radius 2 is 2.25 bits per heavy atom. The molecule has 16 heavy (non-hydrogen) atoms. The summed E-state index contributed by atoms with van der Waals surface area (Å²) in [7, 11) is 0. The highest BCUT2D eigenvalue weighted by molar-refractivity contribution is 5.26. The molecule has 0 atom stereocenters. The number of nitrogens with zero attached hydrogens (tertiary/aromatic N) is 2. The SMILES string of the molecule is CCn1cc(C)nc1Oc1cccc(F)c1. The van der Waals surface area contributed by atoms with Gasteiger partial charge in [-0.05, 0) is 26.0 Å². The summed E-state index contributed by atoms with van der Waals surface area (Å²) in [5, 5.41) is 0. The molecular weight excluding hydrogens is 207 g/mol. The van der Waals surface area contributed by atoms with Crippen LogP contribution in [-0.2, 0) is 6.54 Å². The largest absolute Gasteiger partial charge is 0.425 e. The zero-order chi connectivity index (χ0) is 11.5. The van der Waals surface area contributed by atoms with Crippen molar-refractivity contribution in [2.24, 2.45) is 0 Å². The van der Waals surface area contributed by atoms with Crippen molar-refractivity contribution in [3.8, 4) is 11.8 Å². The molecule has 0 saturated heterocycles. The van der Waals surface area contributed by atoms with E-state index in [1.165, 1.54) is 12.1 Å². The van der Waals surface area contributed by atoms with Gasteiger partial charge in [-0.1, -0.05) is 6.07 Å². The van der Waals surface area contributed by atoms with E-state index in [9.17, 15) is 4.39 Å². The molecule has 0 aliphatic heterocycles. The molecule has 3 nitrogen and oxygen atoms in total. The standard InChI is InChI=1S/C12H13FN2O/c1-3-15-8-9(2)14-12(15)16-11-6-4-5-10(13)7-11/h4-8H,3H2,1-2H3. The van der Waals surface area contributed by atoms with E-state index >= 15 is 0 Å². The fourth-order valence-corrected chi connectivity index (χ4v) is 1.47. The van der Waals surface area contributed by atoms with Crippen LogP contribution in [0, 0.1) is 12.7 Å². The van der Waals surface area contributed by atoms with Gasteiger partial charge in [-0.25, -0.2) is 9.37 Å². The summed E-state index contributed by atoms with van der Waals surface area (Å²) in [6.45, 7) is 4.66.